The number of carbonyl (C=O) groups excluding carboxylic acids is 1. The maximum atomic E-state index is 12.4. The lowest BCUT2D eigenvalue weighted by Crippen LogP contribution is -2.41. The summed E-state index contributed by atoms with van der Waals surface area (Å²) in [5.41, 5.74) is 2.36. The molecule has 2 aliphatic rings. The molecule has 2 atom stereocenters. The summed E-state index contributed by atoms with van der Waals surface area (Å²) in [4.78, 5) is 14.4. The second kappa shape index (κ2) is 5.33. The van der Waals surface area contributed by atoms with Crippen LogP contribution >= 0.6 is 0 Å². The minimum atomic E-state index is 0.279. The van der Waals surface area contributed by atoms with E-state index in [-0.39, 0.29) is 5.91 Å². The monoisotopic (exact) mass is 258 g/mol. The Labute approximate surface area is 115 Å². The van der Waals surface area contributed by atoms with Crippen LogP contribution in [0.25, 0.3) is 0 Å². The smallest absolute Gasteiger partial charge is 0.227 e. The van der Waals surface area contributed by atoms with Crippen molar-refractivity contribution in [3.05, 3.63) is 35.4 Å². The van der Waals surface area contributed by atoms with Gasteiger partial charge >= 0.3 is 0 Å². The number of fused-ring (bicyclic) bond motifs is 1. The number of rotatable bonds is 2. The fourth-order valence-corrected chi connectivity index (χ4v) is 3.36. The first-order valence-electron chi connectivity index (χ1n) is 7.29. The van der Waals surface area contributed by atoms with Crippen LogP contribution in [0.3, 0.4) is 0 Å². The van der Waals surface area contributed by atoms with Crippen molar-refractivity contribution in [3.8, 4) is 0 Å². The van der Waals surface area contributed by atoms with Crippen LogP contribution in [0, 0.1) is 12.8 Å². The lowest BCUT2D eigenvalue weighted by atomic mass is 9.94. The standard InChI is InChI=1S/C16H22N2O/c1-12-4-2-5-13(8-12)9-16(19)18-10-14-6-3-7-17-15(14)11-18/h2,4-5,8,14-15,17H,3,6-7,9-11H2,1H3/t14-,15+/m0/s1. The third-order valence-corrected chi connectivity index (χ3v) is 4.39. The summed E-state index contributed by atoms with van der Waals surface area (Å²) >= 11 is 0. The summed E-state index contributed by atoms with van der Waals surface area (Å²) in [6.45, 7) is 5.03. The van der Waals surface area contributed by atoms with Crippen molar-refractivity contribution in [2.45, 2.75) is 32.2 Å². The van der Waals surface area contributed by atoms with Gasteiger partial charge in [0.05, 0.1) is 6.42 Å². The van der Waals surface area contributed by atoms with E-state index in [0.29, 0.717) is 18.4 Å². The number of hydrogen-bond donors (Lipinski definition) is 1. The third kappa shape index (κ3) is 2.81. The second-order valence-electron chi connectivity index (χ2n) is 5.93. The molecular weight excluding hydrogens is 236 g/mol. The Hall–Kier alpha value is -1.35. The molecule has 3 heteroatoms. The minimum Gasteiger partial charge on any atom is -0.341 e. The van der Waals surface area contributed by atoms with Gasteiger partial charge in [-0.05, 0) is 37.8 Å². The van der Waals surface area contributed by atoms with Crippen molar-refractivity contribution < 1.29 is 4.79 Å². The molecule has 2 saturated heterocycles. The number of nitrogens with zero attached hydrogens (tertiary/aromatic N) is 1. The lowest BCUT2D eigenvalue weighted by molar-refractivity contribution is -0.129. The molecule has 0 radical (unpaired) electrons. The van der Waals surface area contributed by atoms with Crippen molar-refractivity contribution in [2.75, 3.05) is 19.6 Å². The zero-order valence-electron chi connectivity index (χ0n) is 11.6. The van der Waals surface area contributed by atoms with E-state index in [2.05, 4.69) is 29.3 Å². The molecule has 0 spiro atoms. The van der Waals surface area contributed by atoms with E-state index in [4.69, 9.17) is 0 Å². The number of hydrogen-bond acceptors (Lipinski definition) is 2. The van der Waals surface area contributed by atoms with E-state index in [0.717, 1.165) is 25.2 Å². The van der Waals surface area contributed by atoms with Crippen molar-refractivity contribution in [1.29, 1.82) is 0 Å². The Morgan fingerprint density at radius 2 is 2.32 bits per heavy atom. The summed E-state index contributed by atoms with van der Waals surface area (Å²) in [5, 5.41) is 3.54. The summed E-state index contributed by atoms with van der Waals surface area (Å²) in [6.07, 6.45) is 3.06. The fraction of sp³-hybridized carbons (Fsp3) is 0.562. The normalized spacial score (nSPS) is 26.3. The highest BCUT2D eigenvalue weighted by molar-refractivity contribution is 5.79. The number of piperidine rings is 1. The molecule has 0 aromatic heterocycles. The number of benzene rings is 1. The van der Waals surface area contributed by atoms with Crippen LogP contribution in [-0.2, 0) is 11.2 Å². The van der Waals surface area contributed by atoms with Crippen LogP contribution in [-0.4, -0.2) is 36.5 Å². The van der Waals surface area contributed by atoms with E-state index in [1.165, 1.54) is 18.4 Å². The predicted molar refractivity (Wildman–Crippen MR) is 76.0 cm³/mol. The SMILES string of the molecule is Cc1cccc(CC(=O)N2C[C@@H]3CCCN[C@@H]3C2)c1. The maximum Gasteiger partial charge on any atom is 0.227 e. The van der Waals surface area contributed by atoms with Crippen LogP contribution < -0.4 is 5.32 Å². The van der Waals surface area contributed by atoms with Crippen LogP contribution in [0.15, 0.2) is 24.3 Å². The van der Waals surface area contributed by atoms with Gasteiger partial charge in [0.15, 0.2) is 0 Å². The molecule has 0 bridgehead atoms. The van der Waals surface area contributed by atoms with E-state index >= 15 is 0 Å². The first-order valence-corrected chi connectivity index (χ1v) is 7.29. The van der Waals surface area contributed by atoms with Gasteiger partial charge in [-0.15, -0.1) is 0 Å². The van der Waals surface area contributed by atoms with Gasteiger partial charge in [0.2, 0.25) is 5.91 Å². The van der Waals surface area contributed by atoms with Gasteiger partial charge in [-0.3, -0.25) is 4.79 Å². The van der Waals surface area contributed by atoms with Crippen molar-refractivity contribution in [3.63, 3.8) is 0 Å². The molecule has 1 N–H and O–H groups in total. The predicted octanol–water partition coefficient (Wildman–Crippen LogP) is 1.75. The topological polar surface area (TPSA) is 32.3 Å². The van der Waals surface area contributed by atoms with Gasteiger partial charge < -0.3 is 10.2 Å². The molecule has 0 aliphatic carbocycles. The average Bonchev–Trinajstić information content (AvgIpc) is 2.82. The fourth-order valence-electron chi connectivity index (χ4n) is 3.36. The molecule has 0 saturated carbocycles. The molecule has 2 fully saturated rings. The summed E-state index contributed by atoms with van der Waals surface area (Å²) in [5.74, 6) is 0.956. The molecule has 1 aromatic carbocycles. The number of aryl methyl sites for hydroxylation is 1. The maximum absolute atomic E-state index is 12.4. The molecule has 3 rings (SSSR count). The zero-order valence-corrected chi connectivity index (χ0v) is 11.6. The van der Waals surface area contributed by atoms with E-state index < -0.39 is 0 Å². The first kappa shape index (κ1) is 12.7. The highest BCUT2D eigenvalue weighted by Crippen LogP contribution is 2.25. The highest BCUT2D eigenvalue weighted by atomic mass is 16.2. The molecule has 3 nitrogen and oxygen atoms in total. The number of likely N-dealkylation sites (tertiary alicyclic amines) is 1. The minimum absolute atomic E-state index is 0.279. The van der Waals surface area contributed by atoms with Gasteiger partial charge in [-0.25, -0.2) is 0 Å². The second-order valence-corrected chi connectivity index (χ2v) is 5.93. The summed E-state index contributed by atoms with van der Waals surface area (Å²) in [6, 6.07) is 8.80. The number of amides is 1. The molecule has 102 valence electrons. The van der Waals surface area contributed by atoms with Gasteiger partial charge in [-0.2, -0.15) is 0 Å². The Balaban J connectivity index is 1.62. The van der Waals surface area contributed by atoms with Gasteiger partial charge in [0.1, 0.15) is 0 Å². The van der Waals surface area contributed by atoms with Gasteiger partial charge in [-0.1, -0.05) is 29.8 Å². The van der Waals surface area contributed by atoms with Crippen molar-refractivity contribution >= 4 is 5.91 Å². The number of carbonyl (C=O) groups is 1. The van der Waals surface area contributed by atoms with Crippen LogP contribution in [0.4, 0.5) is 0 Å². The molecule has 2 aliphatic heterocycles. The zero-order chi connectivity index (χ0) is 13.2. The molecule has 2 heterocycles. The van der Waals surface area contributed by atoms with Crippen molar-refractivity contribution in [2.24, 2.45) is 5.92 Å². The van der Waals surface area contributed by atoms with Crippen LogP contribution in [0.1, 0.15) is 24.0 Å². The summed E-state index contributed by atoms with van der Waals surface area (Å²) in [7, 11) is 0. The van der Waals surface area contributed by atoms with E-state index in [9.17, 15) is 4.79 Å². The lowest BCUT2D eigenvalue weighted by Gasteiger charge is -2.24. The quantitative estimate of drug-likeness (QED) is 0.876. The highest BCUT2D eigenvalue weighted by Gasteiger charge is 2.36. The Bertz CT molecular complexity index is 458. The summed E-state index contributed by atoms with van der Waals surface area (Å²) < 4.78 is 0. The Morgan fingerprint density at radius 3 is 3.11 bits per heavy atom. The van der Waals surface area contributed by atoms with E-state index in [1.54, 1.807) is 0 Å². The molecule has 0 unspecified atom stereocenters. The van der Waals surface area contributed by atoms with Crippen LogP contribution in [0.5, 0.6) is 0 Å². The largest absolute Gasteiger partial charge is 0.341 e. The Kier molecular flexibility index (Phi) is 3.56. The van der Waals surface area contributed by atoms with Gasteiger partial charge in [0, 0.05) is 19.1 Å². The average molecular weight is 258 g/mol. The molecular formula is C16H22N2O. The third-order valence-electron chi connectivity index (χ3n) is 4.39. The Morgan fingerprint density at radius 1 is 1.42 bits per heavy atom. The van der Waals surface area contributed by atoms with Gasteiger partial charge in [0.25, 0.3) is 0 Å². The first-order chi connectivity index (χ1) is 9.22. The molecule has 1 aromatic rings. The molecule has 1 amide bonds. The number of nitrogens with one attached hydrogen (secondary N) is 1. The van der Waals surface area contributed by atoms with Crippen LogP contribution in [0.2, 0.25) is 0 Å². The molecule has 19 heavy (non-hydrogen) atoms. The van der Waals surface area contributed by atoms with Crippen molar-refractivity contribution in [1.82, 2.24) is 10.2 Å². The van der Waals surface area contributed by atoms with E-state index in [1.807, 2.05) is 12.1 Å².